The van der Waals surface area contributed by atoms with Gasteiger partial charge in [-0.25, -0.2) is 0 Å². The maximum absolute atomic E-state index is 12.2. The number of nitrogens with one attached hydrogen (secondary N) is 2. The Bertz CT molecular complexity index is 771. The summed E-state index contributed by atoms with van der Waals surface area (Å²) >= 11 is 5.95. The van der Waals surface area contributed by atoms with Crippen molar-refractivity contribution in [2.24, 2.45) is 0 Å². The summed E-state index contributed by atoms with van der Waals surface area (Å²) in [5.41, 5.74) is 4.33. The number of hydrogen-bond donors (Lipinski definition) is 2. The van der Waals surface area contributed by atoms with E-state index < -0.39 is 0 Å². The molecule has 2 aromatic carbocycles. The van der Waals surface area contributed by atoms with Crippen LogP contribution in [-0.2, 0) is 22.4 Å². The van der Waals surface area contributed by atoms with Crippen LogP contribution in [0, 0.1) is 6.92 Å². The van der Waals surface area contributed by atoms with Crippen molar-refractivity contribution in [3.8, 4) is 0 Å². The molecule has 2 amide bonds. The van der Waals surface area contributed by atoms with E-state index in [9.17, 15) is 9.59 Å². The Morgan fingerprint density at radius 2 is 2.09 bits per heavy atom. The third-order valence-electron chi connectivity index (χ3n) is 3.63. The molecule has 1 aliphatic heterocycles. The lowest BCUT2D eigenvalue weighted by Gasteiger charge is -2.09. The highest BCUT2D eigenvalue weighted by atomic mass is 35.5. The molecule has 3 rings (SSSR count). The fourth-order valence-corrected chi connectivity index (χ4v) is 2.67. The van der Waals surface area contributed by atoms with Gasteiger partial charge in [0.1, 0.15) is 0 Å². The van der Waals surface area contributed by atoms with Gasteiger partial charge in [-0.05, 0) is 41.8 Å². The quantitative estimate of drug-likeness (QED) is 0.913. The SMILES string of the molecule is Cc1ccc(Cl)cc1NC(=O)Cc1ccc2c(c1)CC(=O)N2. The molecule has 2 aromatic rings. The number of aryl methyl sites for hydroxylation is 1. The minimum atomic E-state index is -0.109. The topological polar surface area (TPSA) is 58.2 Å². The first-order chi connectivity index (χ1) is 10.5. The van der Waals surface area contributed by atoms with Crippen LogP contribution >= 0.6 is 11.6 Å². The monoisotopic (exact) mass is 314 g/mol. The van der Waals surface area contributed by atoms with Gasteiger partial charge in [-0.1, -0.05) is 29.8 Å². The molecular weight excluding hydrogens is 300 g/mol. The lowest BCUT2D eigenvalue weighted by Crippen LogP contribution is -2.15. The Hall–Kier alpha value is -2.33. The zero-order chi connectivity index (χ0) is 15.7. The molecular formula is C17H15ClN2O2. The zero-order valence-electron chi connectivity index (χ0n) is 12.1. The van der Waals surface area contributed by atoms with Crippen LogP contribution in [0.2, 0.25) is 5.02 Å². The van der Waals surface area contributed by atoms with Crippen molar-refractivity contribution < 1.29 is 9.59 Å². The summed E-state index contributed by atoms with van der Waals surface area (Å²) in [6.45, 7) is 1.92. The highest BCUT2D eigenvalue weighted by Gasteiger charge is 2.18. The van der Waals surface area contributed by atoms with E-state index >= 15 is 0 Å². The van der Waals surface area contributed by atoms with E-state index in [0.717, 1.165) is 28.1 Å². The molecule has 0 spiro atoms. The molecule has 0 bridgehead atoms. The third-order valence-corrected chi connectivity index (χ3v) is 3.87. The van der Waals surface area contributed by atoms with Gasteiger partial charge < -0.3 is 10.6 Å². The Morgan fingerprint density at radius 3 is 2.91 bits per heavy atom. The summed E-state index contributed by atoms with van der Waals surface area (Å²) < 4.78 is 0. The van der Waals surface area contributed by atoms with E-state index in [1.165, 1.54) is 0 Å². The summed E-state index contributed by atoms with van der Waals surface area (Å²) in [6.07, 6.45) is 0.631. The van der Waals surface area contributed by atoms with Crippen molar-refractivity contribution >= 4 is 34.8 Å². The van der Waals surface area contributed by atoms with Gasteiger partial charge in [-0.15, -0.1) is 0 Å². The number of fused-ring (bicyclic) bond motifs is 1. The molecule has 0 aliphatic carbocycles. The number of halogens is 1. The second kappa shape index (κ2) is 5.81. The Morgan fingerprint density at radius 1 is 1.27 bits per heavy atom. The normalized spacial score (nSPS) is 12.7. The van der Waals surface area contributed by atoms with Crippen molar-refractivity contribution in [2.75, 3.05) is 10.6 Å². The van der Waals surface area contributed by atoms with Gasteiger partial charge in [-0.2, -0.15) is 0 Å². The van der Waals surface area contributed by atoms with E-state index in [1.807, 2.05) is 31.2 Å². The Labute approximate surface area is 133 Å². The van der Waals surface area contributed by atoms with Crippen molar-refractivity contribution in [1.29, 1.82) is 0 Å². The predicted molar refractivity (Wildman–Crippen MR) is 87.3 cm³/mol. The van der Waals surface area contributed by atoms with Crippen LogP contribution in [0.4, 0.5) is 11.4 Å². The van der Waals surface area contributed by atoms with Crippen LogP contribution in [0.1, 0.15) is 16.7 Å². The van der Waals surface area contributed by atoms with E-state index in [2.05, 4.69) is 10.6 Å². The summed E-state index contributed by atoms with van der Waals surface area (Å²) in [4.78, 5) is 23.5. The van der Waals surface area contributed by atoms with Gasteiger partial charge in [0.15, 0.2) is 0 Å². The second-order valence-electron chi connectivity index (χ2n) is 5.40. The Kier molecular flexibility index (Phi) is 3.86. The van der Waals surface area contributed by atoms with E-state index in [0.29, 0.717) is 11.4 Å². The lowest BCUT2D eigenvalue weighted by atomic mass is 10.1. The number of rotatable bonds is 3. The molecule has 4 nitrogen and oxygen atoms in total. The standard InChI is InChI=1S/C17H15ClN2O2/c1-10-2-4-13(18)9-15(10)20-16(21)7-11-3-5-14-12(6-11)8-17(22)19-14/h2-6,9H,7-8H2,1H3,(H,19,22)(H,20,21). The van der Waals surface area contributed by atoms with Gasteiger partial charge in [0.05, 0.1) is 12.8 Å². The van der Waals surface area contributed by atoms with E-state index in [1.54, 1.807) is 12.1 Å². The lowest BCUT2D eigenvalue weighted by molar-refractivity contribution is -0.116. The van der Waals surface area contributed by atoms with Crippen LogP contribution in [0.3, 0.4) is 0 Å². The molecule has 0 atom stereocenters. The molecule has 0 aromatic heterocycles. The minimum Gasteiger partial charge on any atom is -0.326 e. The van der Waals surface area contributed by atoms with Gasteiger partial charge in [0.2, 0.25) is 11.8 Å². The molecule has 0 fully saturated rings. The summed E-state index contributed by atoms with van der Waals surface area (Å²) in [7, 11) is 0. The largest absolute Gasteiger partial charge is 0.326 e. The molecule has 2 N–H and O–H groups in total. The maximum Gasteiger partial charge on any atom is 0.228 e. The van der Waals surface area contributed by atoms with Crippen LogP contribution in [-0.4, -0.2) is 11.8 Å². The van der Waals surface area contributed by atoms with Crippen LogP contribution < -0.4 is 10.6 Å². The number of hydrogen-bond acceptors (Lipinski definition) is 2. The predicted octanol–water partition coefficient (Wildman–Crippen LogP) is 3.32. The van der Waals surface area contributed by atoms with Gasteiger partial charge in [0.25, 0.3) is 0 Å². The fourth-order valence-electron chi connectivity index (χ4n) is 2.50. The molecule has 0 unspecified atom stereocenters. The minimum absolute atomic E-state index is 0.00819. The van der Waals surface area contributed by atoms with Gasteiger partial charge >= 0.3 is 0 Å². The number of benzene rings is 2. The highest BCUT2D eigenvalue weighted by Crippen LogP contribution is 2.24. The first-order valence-corrected chi connectivity index (χ1v) is 7.37. The molecule has 5 heteroatoms. The van der Waals surface area contributed by atoms with Gasteiger partial charge in [0, 0.05) is 16.4 Å². The number of carbonyl (C=O) groups is 2. The number of carbonyl (C=O) groups excluding carboxylic acids is 2. The van der Waals surface area contributed by atoms with E-state index in [4.69, 9.17) is 11.6 Å². The Balaban J connectivity index is 1.71. The number of anilines is 2. The van der Waals surface area contributed by atoms with E-state index in [-0.39, 0.29) is 18.2 Å². The average Bonchev–Trinajstić information content (AvgIpc) is 2.82. The fraction of sp³-hybridized carbons (Fsp3) is 0.176. The first-order valence-electron chi connectivity index (χ1n) is 6.99. The van der Waals surface area contributed by atoms with Crippen LogP contribution in [0.15, 0.2) is 36.4 Å². The second-order valence-corrected chi connectivity index (χ2v) is 5.84. The molecule has 0 saturated heterocycles. The van der Waals surface area contributed by atoms with Gasteiger partial charge in [-0.3, -0.25) is 9.59 Å². The average molecular weight is 315 g/mol. The van der Waals surface area contributed by atoms with Crippen molar-refractivity contribution in [1.82, 2.24) is 0 Å². The summed E-state index contributed by atoms with van der Waals surface area (Å²) in [6, 6.07) is 11.0. The van der Waals surface area contributed by atoms with Crippen molar-refractivity contribution in [3.05, 3.63) is 58.1 Å². The smallest absolute Gasteiger partial charge is 0.228 e. The van der Waals surface area contributed by atoms with Crippen molar-refractivity contribution in [2.45, 2.75) is 19.8 Å². The van der Waals surface area contributed by atoms with Crippen LogP contribution in [0.25, 0.3) is 0 Å². The number of amides is 2. The molecule has 1 heterocycles. The van der Waals surface area contributed by atoms with Crippen LogP contribution in [0.5, 0.6) is 0 Å². The molecule has 0 radical (unpaired) electrons. The maximum atomic E-state index is 12.2. The molecule has 1 aliphatic rings. The molecule has 22 heavy (non-hydrogen) atoms. The molecule has 112 valence electrons. The summed E-state index contributed by atoms with van der Waals surface area (Å²) in [5.74, 6) is -0.117. The first kappa shape index (κ1) is 14.6. The highest BCUT2D eigenvalue weighted by molar-refractivity contribution is 6.31. The third kappa shape index (κ3) is 3.12. The summed E-state index contributed by atoms with van der Waals surface area (Å²) in [5, 5.41) is 6.23. The van der Waals surface area contributed by atoms with Crippen molar-refractivity contribution in [3.63, 3.8) is 0 Å². The molecule has 0 saturated carbocycles. The zero-order valence-corrected chi connectivity index (χ0v) is 12.8.